The summed E-state index contributed by atoms with van der Waals surface area (Å²) < 4.78 is 1.77. The lowest BCUT2D eigenvalue weighted by Gasteiger charge is -2.10. The van der Waals surface area contributed by atoms with Crippen LogP contribution in [0, 0.1) is 0 Å². The molecule has 1 N–H and O–H groups in total. The van der Waals surface area contributed by atoms with E-state index in [1.165, 1.54) is 0 Å². The predicted octanol–water partition coefficient (Wildman–Crippen LogP) is 5.33. The zero-order valence-electron chi connectivity index (χ0n) is 13.3. The third-order valence-corrected chi connectivity index (χ3v) is 4.09. The van der Waals surface area contributed by atoms with E-state index in [1.807, 2.05) is 85.1 Å². The SMILES string of the molecule is Clc1ccc(Nc2ccccc2-c2cn(-c3ccccc3)nn2)cc1. The van der Waals surface area contributed by atoms with Gasteiger partial charge >= 0.3 is 0 Å². The number of aromatic nitrogens is 3. The average Bonchev–Trinajstić information content (AvgIpc) is 3.15. The third kappa shape index (κ3) is 3.39. The molecule has 3 aromatic carbocycles. The van der Waals surface area contributed by atoms with Gasteiger partial charge in [-0.1, -0.05) is 53.2 Å². The molecule has 0 radical (unpaired) electrons. The highest BCUT2D eigenvalue weighted by Crippen LogP contribution is 2.29. The molecule has 5 heteroatoms. The molecule has 0 aliphatic heterocycles. The summed E-state index contributed by atoms with van der Waals surface area (Å²) in [7, 11) is 0. The second kappa shape index (κ2) is 6.79. The van der Waals surface area contributed by atoms with Gasteiger partial charge in [0.1, 0.15) is 5.69 Å². The smallest absolute Gasteiger partial charge is 0.115 e. The van der Waals surface area contributed by atoms with Gasteiger partial charge in [-0.25, -0.2) is 4.68 Å². The minimum Gasteiger partial charge on any atom is -0.355 e. The van der Waals surface area contributed by atoms with Gasteiger partial charge in [0, 0.05) is 22.0 Å². The lowest BCUT2D eigenvalue weighted by atomic mass is 10.1. The fourth-order valence-electron chi connectivity index (χ4n) is 2.60. The zero-order valence-corrected chi connectivity index (χ0v) is 14.1. The minimum atomic E-state index is 0.713. The van der Waals surface area contributed by atoms with Crippen LogP contribution in [0.2, 0.25) is 5.02 Å². The quantitative estimate of drug-likeness (QED) is 0.543. The molecule has 0 saturated carbocycles. The number of anilines is 2. The van der Waals surface area contributed by atoms with Crippen LogP contribution in [-0.4, -0.2) is 15.0 Å². The fraction of sp³-hybridized carbons (Fsp3) is 0. The van der Waals surface area contributed by atoms with E-state index in [0.29, 0.717) is 5.02 Å². The van der Waals surface area contributed by atoms with Crippen molar-refractivity contribution < 1.29 is 0 Å². The summed E-state index contributed by atoms with van der Waals surface area (Å²) in [6.45, 7) is 0. The van der Waals surface area contributed by atoms with Crippen molar-refractivity contribution in [1.82, 2.24) is 15.0 Å². The molecule has 25 heavy (non-hydrogen) atoms. The van der Waals surface area contributed by atoms with Crippen LogP contribution in [0.4, 0.5) is 11.4 Å². The number of halogens is 1. The number of hydrogen-bond acceptors (Lipinski definition) is 3. The number of benzene rings is 3. The van der Waals surface area contributed by atoms with E-state index in [1.54, 1.807) is 4.68 Å². The summed E-state index contributed by atoms with van der Waals surface area (Å²) >= 11 is 5.95. The molecule has 4 nitrogen and oxygen atoms in total. The van der Waals surface area contributed by atoms with E-state index in [4.69, 9.17) is 11.6 Å². The molecule has 4 rings (SSSR count). The summed E-state index contributed by atoms with van der Waals surface area (Å²) in [4.78, 5) is 0. The molecule has 0 spiro atoms. The topological polar surface area (TPSA) is 42.7 Å². The summed E-state index contributed by atoms with van der Waals surface area (Å²) in [6, 6.07) is 25.6. The van der Waals surface area contributed by atoms with E-state index >= 15 is 0 Å². The highest BCUT2D eigenvalue weighted by atomic mass is 35.5. The minimum absolute atomic E-state index is 0.713. The molecule has 0 atom stereocenters. The zero-order chi connectivity index (χ0) is 17.1. The highest BCUT2D eigenvalue weighted by molar-refractivity contribution is 6.30. The molecular formula is C20H15ClN4. The maximum atomic E-state index is 5.95. The van der Waals surface area contributed by atoms with Crippen molar-refractivity contribution in [2.24, 2.45) is 0 Å². The molecule has 0 aliphatic rings. The van der Waals surface area contributed by atoms with Crippen molar-refractivity contribution in [3.8, 4) is 16.9 Å². The predicted molar refractivity (Wildman–Crippen MR) is 102 cm³/mol. The van der Waals surface area contributed by atoms with Gasteiger partial charge in [0.15, 0.2) is 0 Å². The van der Waals surface area contributed by atoms with Gasteiger partial charge in [-0.15, -0.1) is 5.10 Å². The Balaban J connectivity index is 1.67. The molecule has 0 bridgehead atoms. The van der Waals surface area contributed by atoms with E-state index in [0.717, 1.165) is 28.3 Å². The fourth-order valence-corrected chi connectivity index (χ4v) is 2.72. The molecule has 0 amide bonds. The van der Waals surface area contributed by atoms with Crippen LogP contribution in [0.15, 0.2) is 85.1 Å². The molecule has 122 valence electrons. The first-order valence-electron chi connectivity index (χ1n) is 7.89. The number of rotatable bonds is 4. The second-order valence-electron chi connectivity index (χ2n) is 5.56. The van der Waals surface area contributed by atoms with Gasteiger partial charge in [0.2, 0.25) is 0 Å². The van der Waals surface area contributed by atoms with E-state index in [9.17, 15) is 0 Å². The van der Waals surface area contributed by atoms with Crippen LogP contribution in [0.25, 0.3) is 16.9 Å². The Morgan fingerprint density at radius 3 is 2.32 bits per heavy atom. The Morgan fingerprint density at radius 2 is 1.52 bits per heavy atom. The van der Waals surface area contributed by atoms with Crippen molar-refractivity contribution in [1.29, 1.82) is 0 Å². The summed E-state index contributed by atoms with van der Waals surface area (Å²) in [5.41, 5.74) is 4.70. The Kier molecular flexibility index (Phi) is 4.19. The van der Waals surface area contributed by atoms with Crippen molar-refractivity contribution >= 4 is 23.0 Å². The Bertz CT molecular complexity index is 978. The first kappa shape index (κ1) is 15.4. The molecule has 1 aromatic heterocycles. The third-order valence-electron chi connectivity index (χ3n) is 3.84. The molecule has 0 saturated heterocycles. The summed E-state index contributed by atoms with van der Waals surface area (Å²) in [5.74, 6) is 0. The first-order valence-corrected chi connectivity index (χ1v) is 8.27. The van der Waals surface area contributed by atoms with E-state index in [-0.39, 0.29) is 0 Å². The van der Waals surface area contributed by atoms with Crippen molar-refractivity contribution in [3.05, 3.63) is 90.1 Å². The molecule has 0 aliphatic carbocycles. The van der Waals surface area contributed by atoms with E-state index in [2.05, 4.69) is 15.6 Å². The van der Waals surface area contributed by atoms with Gasteiger partial charge in [-0.3, -0.25) is 0 Å². The molecule has 0 fully saturated rings. The number of nitrogens with zero attached hydrogens (tertiary/aromatic N) is 3. The van der Waals surface area contributed by atoms with Crippen LogP contribution in [-0.2, 0) is 0 Å². The molecular weight excluding hydrogens is 332 g/mol. The van der Waals surface area contributed by atoms with Gasteiger partial charge in [-0.05, 0) is 42.5 Å². The van der Waals surface area contributed by atoms with E-state index < -0.39 is 0 Å². The van der Waals surface area contributed by atoms with Crippen LogP contribution >= 0.6 is 11.6 Å². The maximum absolute atomic E-state index is 5.95. The number of para-hydroxylation sites is 2. The normalized spacial score (nSPS) is 10.6. The molecule has 4 aromatic rings. The molecule has 1 heterocycles. The van der Waals surface area contributed by atoms with Gasteiger partial charge < -0.3 is 5.32 Å². The van der Waals surface area contributed by atoms with Crippen LogP contribution in [0.3, 0.4) is 0 Å². The van der Waals surface area contributed by atoms with Gasteiger partial charge in [0.25, 0.3) is 0 Å². The van der Waals surface area contributed by atoms with Crippen LogP contribution in [0.1, 0.15) is 0 Å². The summed E-state index contributed by atoms with van der Waals surface area (Å²) in [5, 5.41) is 12.7. The number of nitrogens with one attached hydrogen (secondary N) is 1. The van der Waals surface area contributed by atoms with Gasteiger partial charge in [0.05, 0.1) is 11.9 Å². The lowest BCUT2D eigenvalue weighted by molar-refractivity contribution is 0.804. The van der Waals surface area contributed by atoms with Crippen molar-refractivity contribution in [2.45, 2.75) is 0 Å². The lowest BCUT2D eigenvalue weighted by Crippen LogP contribution is -1.93. The van der Waals surface area contributed by atoms with Gasteiger partial charge in [-0.2, -0.15) is 0 Å². The Hall–Kier alpha value is -3.11. The van der Waals surface area contributed by atoms with Crippen LogP contribution < -0.4 is 5.32 Å². The highest BCUT2D eigenvalue weighted by Gasteiger charge is 2.10. The standard InChI is InChI=1S/C20H15ClN4/c21-15-10-12-16(13-11-15)22-19-9-5-4-8-18(19)20-14-25(24-23-20)17-6-2-1-3-7-17/h1-14,22H. The molecule has 0 unspecified atom stereocenters. The van der Waals surface area contributed by atoms with Crippen LogP contribution in [0.5, 0.6) is 0 Å². The Labute approximate surface area is 150 Å². The second-order valence-corrected chi connectivity index (χ2v) is 6.00. The number of hydrogen-bond donors (Lipinski definition) is 1. The maximum Gasteiger partial charge on any atom is 0.115 e. The van der Waals surface area contributed by atoms with Crippen molar-refractivity contribution in [3.63, 3.8) is 0 Å². The largest absolute Gasteiger partial charge is 0.355 e. The average molecular weight is 347 g/mol. The summed E-state index contributed by atoms with van der Waals surface area (Å²) in [6.07, 6.45) is 1.93. The first-order chi connectivity index (χ1) is 12.3. The monoisotopic (exact) mass is 346 g/mol. The van der Waals surface area contributed by atoms with Crippen molar-refractivity contribution in [2.75, 3.05) is 5.32 Å². The Morgan fingerprint density at radius 1 is 0.800 bits per heavy atom.